The number of ether oxygens (including phenoxy) is 1. The average molecular weight is 497 g/mol. The van der Waals surface area contributed by atoms with Gasteiger partial charge in [0.15, 0.2) is 0 Å². The van der Waals surface area contributed by atoms with Crippen molar-refractivity contribution in [2.75, 3.05) is 13.7 Å². The predicted molar refractivity (Wildman–Crippen MR) is 132 cm³/mol. The molecule has 182 valence electrons. The summed E-state index contributed by atoms with van der Waals surface area (Å²) in [6, 6.07) is 9.80. The number of halogens is 2. The third kappa shape index (κ3) is 4.82. The topological polar surface area (TPSA) is 68.2 Å². The van der Waals surface area contributed by atoms with Gasteiger partial charge in [0, 0.05) is 38.0 Å². The van der Waals surface area contributed by atoms with E-state index in [4.69, 9.17) is 4.74 Å². The highest BCUT2D eigenvalue weighted by atomic mass is 32.1. The van der Waals surface area contributed by atoms with Gasteiger partial charge < -0.3 is 9.64 Å². The number of aromatic nitrogens is 3. The average Bonchev–Trinajstić information content (AvgIpc) is 3.20. The molecule has 0 bridgehead atoms. The number of rotatable bonds is 6. The molecule has 1 aliphatic rings. The fraction of sp³-hybridized carbons (Fsp3) is 0.385. The van der Waals surface area contributed by atoms with Crippen LogP contribution in [0.25, 0.3) is 21.1 Å². The lowest BCUT2D eigenvalue weighted by molar-refractivity contribution is -0.0499. The number of pyridine rings is 1. The molecule has 1 saturated carbocycles. The molecule has 1 amide bonds. The highest BCUT2D eigenvalue weighted by Gasteiger charge is 2.35. The van der Waals surface area contributed by atoms with Crippen molar-refractivity contribution in [1.82, 2.24) is 19.9 Å². The smallest absolute Gasteiger partial charge is 0.264 e. The van der Waals surface area contributed by atoms with E-state index < -0.39 is 5.92 Å². The van der Waals surface area contributed by atoms with Crippen LogP contribution in [-0.2, 0) is 6.54 Å². The van der Waals surface area contributed by atoms with Gasteiger partial charge in [-0.2, -0.15) is 0 Å². The van der Waals surface area contributed by atoms with Gasteiger partial charge in [-0.15, -0.1) is 11.3 Å². The summed E-state index contributed by atoms with van der Waals surface area (Å²) in [7, 11) is 1.78. The first-order valence-corrected chi connectivity index (χ1v) is 12.5. The van der Waals surface area contributed by atoms with Crippen molar-refractivity contribution in [3.63, 3.8) is 0 Å². The number of nitrogens with zero attached hydrogens (tertiary/aromatic N) is 4. The quantitative estimate of drug-likeness (QED) is 0.326. The molecule has 3 heterocycles. The summed E-state index contributed by atoms with van der Waals surface area (Å²) in [5.74, 6) is -2.19. The highest BCUT2D eigenvalue weighted by molar-refractivity contribution is 7.20. The van der Waals surface area contributed by atoms with Gasteiger partial charge in [-0.05, 0) is 48.9 Å². The Morgan fingerprint density at radius 3 is 2.74 bits per heavy atom. The molecule has 1 fully saturated rings. The predicted octanol–water partition coefficient (Wildman–Crippen LogP) is 6.02. The Balaban J connectivity index is 1.35. The molecule has 3 aromatic heterocycles. The van der Waals surface area contributed by atoms with E-state index in [-0.39, 0.29) is 24.7 Å². The second-order valence-corrected chi connectivity index (χ2v) is 10.2. The Morgan fingerprint density at radius 1 is 1.17 bits per heavy atom. The van der Waals surface area contributed by atoms with E-state index in [0.29, 0.717) is 47.0 Å². The van der Waals surface area contributed by atoms with Crippen molar-refractivity contribution >= 4 is 38.4 Å². The molecule has 35 heavy (non-hydrogen) atoms. The molecule has 0 aliphatic heterocycles. The Bertz CT molecular complexity index is 1380. The molecular formula is C26H26F2N4O2S. The first kappa shape index (κ1) is 23.5. The van der Waals surface area contributed by atoms with Gasteiger partial charge in [0.25, 0.3) is 5.91 Å². The van der Waals surface area contributed by atoms with Crippen LogP contribution >= 0.6 is 11.3 Å². The molecule has 0 N–H and O–H groups in total. The maximum Gasteiger partial charge on any atom is 0.264 e. The lowest BCUT2D eigenvalue weighted by Gasteiger charge is -2.27. The van der Waals surface area contributed by atoms with Crippen molar-refractivity contribution in [3.8, 4) is 5.88 Å². The minimum atomic E-state index is -2.56. The summed E-state index contributed by atoms with van der Waals surface area (Å²) in [6.07, 6.45) is 3.84. The van der Waals surface area contributed by atoms with Crippen LogP contribution in [0.2, 0.25) is 0 Å². The number of aryl methyl sites for hydroxylation is 1. The zero-order chi connectivity index (χ0) is 24.6. The molecule has 0 atom stereocenters. The zero-order valence-corrected chi connectivity index (χ0v) is 20.4. The number of carbonyl (C=O) groups excluding carboxylic acids is 1. The molecule has 0 spiro atoms. The minimum Gasteiger partial charge on any atom is -0.477 e. The molecule has 1 aromatic carbocycles. The Morgan fingerprint density at radius 2 is 1.94 bits per heavy atom. The van der Waals surface area contributed by atoms with Crippen molar-refractivity contribution in [2.24, 2.45) is 5.92 Å². The number of carbonyl (C=O) groups is 1. The lowest BCUT2D eigenvalue weighted by atomic mass is 9.87. The summed E-state index contributed by atoms with van der Waals surface area (Å²) in [4.78, 5) is 29.4. The molecule has 6 nitrogen and oxygen atoms in total. The summed E-state index contributed by atoms with van der Waals surface area (Å²) in [5.41, 5.74) is 2.68. The second-order valence-electron chi connectivity index (χ2n) is 9.17. The summed E-state index contributed by atoms with van der Waals surface area (Å²) < 4.78 is 32.9. The molecule has 4 aromatic rings. The third-order valence-corrected chi connectivity index (χ3v) is 7.86. The van der Waals surface area contributed by atoms with E-state index in [9.17, 15) is 13.6 Å². The van der Waals surface area contributed by atoms with E-state index in [1.807, 2.05) is 37.3 Å². The molecule has 0 unspecified atom stereocenters. The van der Waals surface area contributed by atoms with Crippen LogP contribution in [0.3, 0.4) is 0 Å². The normalized spacial score (nSPS) is 16.0. The van der Waals surface area contributed by atoms with E-state index in [2.05, 4.69) is 15.0 Å². The number of benzene rings is 1. The Kier molecular flexibility index (Phi) is 6.35. The number of alkyl halides is 2. The molecule has 0 radical (unpaired) electrons. The first-order valence-electron chi connectivity index (χ1n) is 11.7. The third-order valence-electron chi connectivity index (χ3n) is 6.67. The molecule has 1 aliphatic carbocycles. The van der Waals surface area contributed by atoms with Crippen LogP contribution in [0.1, 0.15) is 46.5 Å². The maximum atomic E-state index is 13.5. The van der Waals surface area contributed by atoms with Gasteiger partial charge in [-0.3, -0.25) is 9.78 Å². The van der Waals surface area contributed by atoms with Gasteiger partial charge in [-0.1, -0.05) is 18.2 Å². The lowest BCUT2D eigenvalue weighted by Crippen LogP contribution is -2.27. The van der Waals surface area contributed by atoms with Gasteiger partial charge >= 0.3 is 0 Å². The van der Waals surface area contributed by atoms with Crippen molar-refractivity contribution in [2.45, 2.75) is 45.1 Å². The number of hydrogen-bond donors (Lipinski definition) is 0. The highest BCUT2D eigenvalue weighted by Crippen LogP contribution is 2.38. The van der Waals surface area contributed by atoms with Gasteiger partial charge in [0.1, 0.15) is 11.2 Å². The molecule has 5 rings (SSSR count). The van der Waals surface area contributed by atoms with E-state index in [1.165, 1.54) is 17.7 Å². The largest absolute Gasteiger partial charge is 0.477 e. The fourth-order valence-corrected chi connectivity index (χ4v) is 5.74. The van der Waals surface area contributed by atoms with Gasteiger partial charge in [-0.25, -0.2) is 18.7 Å². The second kappa shape index (κ2) is 9.45. The van der Waals surface area contributed by atoms with Crippen LogP contribution in [0, 0.1) is 12.8 Å². The number of fused-ring (bicyclic) bond motifs is 2. The molecule has 9 heteroatoms. The van der Waals surface area contributed by atoms with E-state index >= 15 is 0 Å². The number of thiophene rings is 1. The van der Waals surface area contributed by atoms with Crippen molar-refractivity contribution in [3.05, 3.63) is 58.9 Å². The standard InChI is InChI=1S/C26H26F2N4O2S/c1-16-21-23(34-14-17-7-10-26(27,28)11-8-17)30-15-31-24(21)35-22(16)25(33)32(2)13-18-9-12-29-20-6-4-3-5-19(18)20/h3-6,9,12,15,17H,7-8,10-11,13-14H2,1-2H3. The van der Waals surface area contributed by atoms with Crippen LogP contribution < -0.4 is 4.74 Å². The zero-order valence-electron chi connectivity index (χ0n) is 19.6. The fourth-order valence-electron chi connectivity index (χ4n) is 4.61. The van der Waals surface area contributed by atoms with Crippen LogP contribution in [-0.4, -0.2) is 45.3 Å². The monoisotopic (exact) mass is 496 g/mol. The van der Waals surface area contributed by atoms with Gasteiger partial charge in [0.2, 0.25) is 11.8 Å². The molecule has 0 saturated heterocycles. The first-order chi connectivity index (χ1) is 16.8. The number of para-hydroxylation sites is 1. The van der Waals surface area contributed by atoms with Crippen molar-refractivity contribution in [1.29, 1.82) is 0 Å². The minimum absolute atomic E-state index is 0.0704. The summed E-state index contributed by atoms with van der Waals surface area (Å²) in [5, 5.41) is 1.73. The van der Waals surface area contributed by atoms with E-state index in [1.54, 1.807) is 18.1 Å². The summed E-state index contributed by atoms with van der Waals surface area (Å²) in [6.45, 7) is 2.64. The molecular weight excluding hydrogens is 470 g/mol. The summed E-state index contributed by atoms with van der Waals surface area (Å²) >= 11 is 1.32. The Labute approximate surface area is 206 Å². The van der Waals surface area contributed by atoms with Crippen LogP contribution in [0.15, 0.2) is 42.9 Å². The van der Waals surface area contributed by atoms with Crippen molar-refractivity contribution < 1.29 is 18.3 Å². The van der Waals surface area contributed by atoms with Gasteiger partial charge in [0.05, 0.1) is 22.4 Å². The SMILES string of the molecule is Cc1c(C(=O)N(C)Cc2ccnc3ccccc23)sc2ncnc(OCC3CCC(F)(F)CC3)c12. The van der Waals surface area contributed by atoms with Crippen LogP contribution in [0.5, 0.6) is 5.88 Å². The van der Waals surface area contributed by atoms with Crippen LogP contribution in [0.4, 0.5) is 8.78 Å². The number of hydrogen-bond acceptors (Lipinski definition) is 6. The maximum absolute atomic E-state index is 13.5. The number of amides is 1. The van der Waals surface area contributed by atoms with E-state index in [0.717, 1.165) is 22.0 Å². The Hall–Kier alpha value is -3.20.